The van der Waals surface area contributed by atoms with Crippen molar-refractivity contribution in [2.45, 2.75) is 6.92 Å². The molecule has 0 fully saturated rings. The molecule has 0 bridgehead atoms. The van der Waals surface area contributed by atoms with E-state index in [0.29, 0.717) is 23.6 Å². The molecule has 24 heavy (non-hydrogen) atoms. The Morgan fingerprint density at radius 2 is 1.79 bits per heavy atom. The molecule has 0 aromatic heterocycles. The van der Waals surface area contributed by atoms with Crippen LogP contribution in [0.25, 0.3) is 0 Å². The van der Waals surface area contributed by atoms with Crippen LogP contribution in [-0.4, -0.2) is 36.9 Å². The average Bonchev–Trinajstić information content (AvgIpc) is 2.57. The molecule has 126 valence electrons. The zero-order chi connectivity index (χ0) is 17.5. The molecule has 0 aliphatic carbocycles. The number of amides is 2. The first-order valence-corrected chi connectivity index (χ1v) is 8.34. The monoisotopic (exact) mass is 390 g/mol. The van der Waals surface area contributed by atoms with Crippen molar-refractivity contribution >= 4 is 33.4 Å². The lowest BCUT2D eigenvalue weighted by atomic mass is 10.1. The zero-order valence-corrected chi connectivity index (χ0v) is 15.2. The van der Waals surface area contributed by atoms with Crippen molar-refractivity contribution in [3.8, 4) is 5.75 Å². The minimum absolute atomic E-state index is 0.0549. The first-order chi connectivity index (χ1) is 11.5. The lowest BCUT2D eigenvalue weighted by molar-refractivity contribution is -0.116. The van der Waals surface area contributed by atoms with Gasteiger partial charge in [0, 0.05) is 11.5 Å². The number of carbonyl (C=O) groups is 2. The molecule has 0 radical (unpaired) electrons. The Bertz CT molecular complexity index is 734. The van der Waals surface area contributed by atoms with Gasteiger partial charge in [-0.15, -0.1) is 0 Å². The topological polar surface area (TPSA) is 58.6 Å². The minimum Gasteiger partial charge on any atom is -0.493 e. The van der Waals surface area contributed by atoms with Gasteiger partial charge in [-0.2, -0.15) is 0 Å². The molecule has 2 aromatic carbocycles. The second-order valence-electron chi connectivity index (χ2n) is 5.12. The number of para-hydroxylation sites is 2. The summed E-state index contributed by atoms with van der Waals surface area (Å²) in [6, 6.07) is 14.3. The van der Waals surface area contributed by atoms with E-state index in [1.54, 1.807) is 37.4 Å². The Morgan fingerprint density at radius 1 is 1.12 bits per heavy atom. The van der Waals surface area contributed by atoms with Crippen molar-refractivity contribution in [2.75, 3.05) is 25.5 Å². The Balaban J connectivity index is 2.04. The molecule has 1 N–H and O–H groups in total. The molecule has 0 aliphatic rings. The van der Waals surface area contributed by atoms with E-state index in [0.717, 1.165) is 4.47 Å². The third-order valence-electron chi connectivity index (χ3n) is 3.29. The Labute approximate surface area is 149 Å². The second kappa shape index (κ2) is 8.49. The van der Waals surface area contributed by atoms with Gasteiger partial charge in [-0.1, -0.05) is 24.3 Å². The minimum atomic E-state index is -0.272. The first kappa shape index (κ1) is 18.0. The van der Waals surface area contributed by atoms with Crippen LogP contribution in [0.4, 0.5) is 5.69 Å². The quantitative estimate of drug-likeness (QED) is 0.819. The summed E-state index contributed by atoms with van der Waals surface area (Å²) < 4.78 is 6.26. The predicted molar refractivity (Wildman–Crippen MR) is 97.3 cm³/mol. The van der Waals surface area contributed by atoms with Crippen molar-refractivity contribution in [1.82, 2.24) is 4.90 Å². The summed E-state index contributed by atoms with van der Waals surface area (Å²) in [7, 11) is 1.59. The molecule has 5 nitrogen and oxygen atoms in total. The summed E-state index contributed by atoms with van der Waals surface area (Å²) in [6.45, 7) is 2.27. The van der Waals surface area contributed by atoms with Crippen LogP contribution >= 0.6 is 15.9 Å². The van der Waals surface area contributed by atoms with Crippen molar-refractivity contribution in [3.63, 3.8) is 0 Å². The lowest BCUT2D eigenvalue weighted by Crippen LogP contribution is -2.35. The summed E-state index contributed by atoms with van der Waals surface area (Å²) in [6.07, 6.45) is 0. The molecule has 0 aliphatic heterocycles. The third-order valence-corrected chi connectivity index (χ3v) is 3.98. The SMILES string of the molecule is CCOc1ccccc1C(=O)N(C)CC(=O)Nc1ccccc1Br. The molecule has 0 saturated carbocycles. The number of benzene rings is 2. The molecular weight excluding hydrogens is 372 g/mol. The summed E-state index contributed by atoms with van der Waals surface area (Å²) >= 11 is 3.37. The number of nitrogens with zero attached hydrogens (tertiary/aromatic N) is 1. The molecule has 0 spiro atoms. The highest BCUT2D eigenvalue weighted by atomic mass is 79.9. The molecule has 2 rings (SSSR count). The van der Waals surface area contributed by atoms with E-state index in [1.165, 1.54) is 4.90 Å². The van der Waals surface area contributed by atoms with Crippen LogP contribution in [0.5, 0.6) is 5.75 Å². The Morgan fingerprint density at radius 3 is 2.50 bits per heavy atom. The average molecular weight is 391 g/mol. The molecule has 2 amide bonds. The number of hydrogen-bond acceptors (Lipinski definition) is 3. The van der Waals surface area contributed by atoms with Crippen LogP contribution in [-0.2, 0) is 4.79 Å². The van der Waals surface area contributed by atoms with Crippen molar-refractivity contribution in [2.24, 2.45) is 0 Å². The van der Waals surface area contributed by atoms with E-state index in [2.05, 4.69) is 21.2 Å². The summed E-state index contributed by atoms with van der Waals surface area (Å²) in [5.41, 5.74) is 1.11. The smallest absolute Gasteiger partial charge is 0.257 e. The predicted octanol–water partition coefficient (Wildman–Crippen LogP) is 3.56. The largest absolute Gasteiger partial charge is 0.493 e. The zero-order valence-electron chi connectivity index (χ0n) is 13.6. The van der Waals surface area contributed by atoms with Crippen LogP contribution in [0.15, 0.2) is 53.0 Å². The number of halogens is 1. The van der Waals surface area contributed by atoms with Crippen LogP contribution in [0.3, 0.4) is 0 Å². The summed E-state index contributed by atoms with van der Waals surface area (Å²) in [5, 5.41) is 2.78. The van der Waals surface area contributed by atoms with Crippen LogP contribution in [0, 0.1) is 0 Å². The van der Waals surface area contributed by atoms with Gasteiger partial charge >= 0.3 is 0 Å². The van der Waals surface area contributed by atoms with Gasteiger partial charge in [0.15, 0.2) is 0 Å². The first-order valence-electron chi connectivity index (χ1n) is 7.54. The normalized spacial score (nSPS) is 10.1. The van der Waals surface area contributed by atoms with E-state index < -0.39 is 0 Å². The van der Waals surface area contributed by atoms with Crippen molar-refractivity contribution < 1.29 is 14.3 Å². The fourth-order valence-corrected chi connectivity index (χ4v) is 2.55. The van der Waals surface area contributed by atoms with Gasteiger partial charge in [0.2, 0.25) is 5.91 Å². The number of carbonyl (C=O) groups excluding carboxylic acids is 2. The van der Waals surface area contributed by atoms with Gasteiger partial charge in [-0.05, 0) is 47.1 Å². The number of likely N-dealkylation sites (N-methyl/N-ethyl adjacent to an activating group) is 1. The molecule has 0 unspecified atom stereocenters. The maximum Gasteiger partial charge on any atom is 0.257 e. The number of rotatable bonds is 6. The molecule has 6 heteroatoms. The van der Waals surface area contributed by atoms with Crippen molar-refractivity contribution in [1.29, 1.82) is 0 Å². The van der Waals surface area contributed by atoms with Gasteiger partial charge in [0.1, 0.15) is 5.75 Å². The van der Waals surface area contributed by atoms with Gasteiger partial charge < -0.3 is 15.0 Å². The number of anilines is 1. The van der Waals surface area contributed by atoms with Crippen molar-refractivity contribution in [3.05, 3.63) is 58.6 Å². The molecule has 0 saturated heterocycles. The third kappa shape index (κ3) is 4.58. The maximum atomic E-state index is 12.6. The summed E-state index contributed by atoms with van der Waals surface area (Å²) in [4.78, 5) is 26.1. The van der Waals surface area contributed by atoms with Crippen LogP contribution < -0.4 is 10.1 Å². The molecule has 0 atom stereocenters. The Hall–Kier alpha value is -2.34. The van der Waals surface area contributed by atoms with Gasteiger partial charge in [0.05, 0.1) is 24.4 Å². The molecular formula is C18H19BrN2O3. The summed E-state index contributed by atoms with van der Waals surface area (Å²) in [5.74, 6) is -0.0176. The second-order valence-corrected chi connectivity index (χ2v) is 5.97. The number of ether oxygens (including phenoxy) is 1. The highest BCUT2D eigenvalue weighted by Gasteiger charge is 2.18. The highest BCUT2D eigenvalue weighted by Crippen LogP contribution is 2.22. The van der Waals surface area contributed by atoms with E-state index in [1.807, 2.05) is 25.1 Å². The van der Waals surface area contributed by atoms with E-state index in [-0.39, 0.29) is 18.4 Å². The van der Waals surface area contributed by atoms with Crippen LogP contribution in [0.1, 0.15) is 17.3 Å². The van der Waals surface area contributed by atoms with Gasteiger partial charge in [0.25, 0.3) is 5.91 Å². The van der Waals surface area contributed by atoms with E-state index >= 15 is 0 Å². The lowest BCUT2D eigenvalue weighted by Gasteiger charge is -2.19. The molecule has 2 aromatic rings. The van der Waals surface area contributed by atoms with Gasteiger partial charge in [-0.25, -0.2) is 0 Å². The Kier molecular flexibility index (Phi) is 6.37. The maximum absolute atomic E-state index is 12.6. The van der Waals surface area contributed by atoms with Crippen LogP contribution in [0.2, 0.25) is 0 Å². The number of hydrogen-bond donors (Lipinski definition) is 1. The standard InChI is InChI=1S/C18H19BrN2O3/c1-3-24-16-11-7-4-8-13(16)18(23)21(2)12-17(22)20-15-10-6-5-9-14(15)19/h4-11H,3,12H2,1-2H3,(H,20,22). The highest BCUT2D eigenvalue weighted by molar-refractivity contribution is 9.10. The number of nitrogens with one attached hydrogen (secondary N) is 1. The molecule has 0 heterocycles. The van der Waals surface area contributed by atoms with E-state index in [4.69, 9.17) is 4.74 Å². The fraction of sp³-hybridized carbons (Fsp3) is 0.222. The fourth-order valence-electron chi connectivity index (χ4n) is 2.17. The van der Waals surface area contributed by atoms with E-state index in [9.17, 15) is 9.59 Å². The van der Waals surface area contributed by atoms with Gasteiger partial charge in [-0.3, -0.25) is 9.59 Å².